The number of amides is 1. The molecule has 0 rings (SSSR count). The van der Waals surface area contributed by atoms with Gasteiger partial charge in [0.25, 0.3) is 0 Å². The van der Waals surface area contributed by atoms with Crippen molar-refractivity contribution in [3.05, 3.63) is 0 Å². The topological polar surface area (TPSA) is 70.8 Å². The van der Waals surface area contributed by atoms with Crippen LogP contribution in [0.5, 0.6) is 0 Å². The summed E-state index contributed by atoms with van der Waals surface area (Å²) in [5.74, 6) is 1.51. The smallest absolute Gasteiger partial charge is 0.377 e. The zero-order chi connectivity index (χ0) is 14.0. The van der Waals surface area contributed by atoms with Crippen molar-refractivity contribution in [2.45, 2.75) is 25.8 Å². The van der Waals surface area contributed by atoms with E-state index in [0.717, 1.165) is 30.4 Å². The molecule has 7 heteroatoms. The summed E-state index contributed by atoms with van der Waals surface area (Å²) in [6, 6.07) is 0.789. The molecule has 0 saturated heterocycles. The van der Waals surface area contributed by atoms with Gasteiger partial charge in [-0.1, -0.05) is 6.92 Å². The van der Waals surface area contributed by atoms with Gasteiger partial charge in [0, 0.05) is 39.0 Å². The highest BCUT2D eigenvalue weighted by Crippen LogP contribution is 2.19. The Bertz CT molecular complexity index is 231. The van der Waals surface area contributed by atoms with Gasteiger partial charge < -0.3 is 19.0 Å². The van der Waals surface area contributed by atoms with E-state index in [4.69, 9.17) is 19.0 Å². The van der Waals surface area contributed by atoms with Crippen LogP contribution in [0.2, 0.25) is 6.04 Å². The maximum Gasteiger partial charge on any atom is 0.500 e. The molecule has 0 radical (unpaired) electrons. The fourth-order valence-corrected chi connectivity index (χ4v) is 4.75. The van der Waals surface area contributed by atoms with Gasteiger partial charge in [0.2, 0.25) is 5.91 Å². The number of hydrogen-bond acceptors (Lipinski definition) is 5. The fourth-order valence-electron chi connectivity index (χ4n) is 1.57. The molecule has 0 spiro atoms. The number of primary amides is 1. The SMILES string of the molecule is CCC(CSCCC[Si](OC)(OC)OC)C(N)=O. The van der Waals surface area contributed by atoms with E-state index in [1.54, 1.807) is 33.1 Å². The van der Waals surface area contributed by atoms with Crippen LogP contribution in [0.25, 0.3) is 0 Å². The molecule has 0 aliphatic carbocycles. The Hall–Kier alpha value is -0.0831. The summed E-state index contributed by atoms with van der Waals surface area (Å²) in [7, 11) is 2.42. The zero-order valence-corrected chi connectivity index (χ0v) is 13.5. The molecule has 2 N–H and O–H groups in total. The first-order valence-electron chi connectivity index (χ1n) is 6.07. The van der Waals surface area contributed by atoms with Crippen LogP contribution in [0, 0.1) is 5.92 Å². The van der Waals surface area contributed by atoms with Crippen LogP contribution >= 0.6 is 11.8 Å². The van der Waals surface area contributed by atoms with Gasteiger partial charge in [-0.25, -0.2) is 0 Å². The first kappa shape index (κ1) is 17.9. The summed E-state index contributed by atoms with van der Waals surface area (Å²) in [5.41, 5.74) is 5.29. The average molecular weight is 295 g/mol. The van der Waals surface area contributed by atoms with Crippen LogP contribution in [0.1, 0.15) is 19.8 Å². The number of rotatable bonds is 11. The lowest BCUT2D eigenvalue weighted by Gasteiger charge is -2.24. The molecule has 1 unspecified atom stereocenters. The average Bonchev–Trinajstić information content (AvgIpc) is 2.38. The molecule has 0 fully saturated rings. The van der Waals surface area contributed by atoms with E-state index in [-0.39, 0.29) is 11.8 Å². The van der Waals surface area contributed by atoms with Crippen molar-refractivity contribution in [1.82, 2.24) is 0 Å². The highest BCUT2D eigenvalue weighted by molar-refractivity contribution is 7.99. The van der Waals surface area contributed by atoms with Crippen LogP contribution in [-0.2, 0) is 18.1 Å². The van der Waals surface area contributed by atoms with Crippen molar-refractivity contribution in [1.29, 1.82) is 0 Å². The Morgan fingerprint density at radius 3 is 2.22 bits per heavy atom. The molecule has 0 aliphatic heterocycles. The lowest BCUT2D eigenvalue weighted by atomic mass is 10.1. The van der Waals surface area contributed by atoms with Crippen molar-refractivity contribution >= 4 is 26.5 Å². The second kappa shape index (κ2) is 9.80. The fraction of sp³-hybridized carbons (Fsp3) is 0.909. The molecule has 108 valence electrons. The summed E-state index contributed by atoms with van der Waals surface area (Å²) < 4.78 is 16.0. The van der Waals surface area contributed by atoms with E-state index in [0.29, 0.717) is 0 Å². The third kappa shape index (κ3) is 6.19. The molecule has 1 atom stereocenters. The third-order valence-corrected chi connectivity index (χ3v) is 6.97. The van der Waals surface area contributed by atoms with Gasteiger partial charge >= 0.3 is 8.80 Å². The standard InChI is InChI=1S/C11H25NO4SSi/c1-5-10(11(12)13)9-17-7-6-8-18(14-2,15-3)16-4/h10H,5-9H2,1-4H3,(H2,12,13). The Kier molecular flexibility index (Phi) is 9.75. The van der Waals surface area contributed by atoms with E-state index in [1.165, 1.54) is 0 Å². The minimum Gasteiger partial charge on any atom is -0.377 e. The number of thioether (sulfide) groups is 1. The maximum atomic E-state index is 11.0. The lowest BCUT2D eigenvalue weighted by Crippen LogP contribution is -2.42. The molecular weight excluding hydrogens is 270 g/mol. The van der Waals surface area contributed by atoms with E-state index in [1.807, 2.05) is 6.92 Å². The molecular formula is C11H25NO4SSi. The lowest BCUT2D eigenvalue weighted by molar-refractivity contribution is -0.121. The van der Waals surface area contributed by atoms with Gasteiger partial charge in [-0.2, -0.15) is 11.8 Å². The minimum absolute atomic E-state index is 0.0238. The summed E-state index contributed by atoms with van der Waals surface area (Å²) in [6.45, 7) is 1.98. The molecule has 5 nitrogen and oxygen atoms in total. The van der Waals surface area contributed by atoms with Gasteiger partial charge in [-0.05, 0) is 18.6 Å². The molecule has 0 aromatic rings. The van der Waals surface area contributed by atoms with Crippen molar-refractivity contribution in [2.75, 3.05) is 32.8 Å². The number of carbonyl (C=O) groups is 1. The van der Waals surface area contributed by atoms with Gasteiger partial charge in [0.1, 0.15) is 0 Å². The van der Waals surface area contributed by atoms with E-state index < -0.39 is 8.80 Å². The largest absolute Gasteiger partial charge is 0.500 e. The van der Waals surface area contributed by atoms with E-state index in [9.17, 15) is 4.79 Å². The summed E-state index contributed by atoms with van der Waals surface area (Å²) in [5, 5.41) is 0. The number of carbonyl (C=O) groups excluding carboxylic acids is 1. The van der Waals surface area contributed by atoms with Crippen LogP contribution in [0.4, 0.5) is 0 Å². The Morgan fingerprint density at radius 2 is 1.83 bits per heavy atom. The van der Waals surface area contributed by atoms with Crippen molar-refractivity contribution in [2.24, 2.45) is 11.7 Å². The highest BCUT2D eigenvalue weighted by atomic mass is 32.2. The van der Waals surface area contributed by atoms with E-state index >= 15 is 0 Å². The molecule has 1 amide bonds. The second-order valence-electron chi connectivity index (χ2n) is 3.98. The molecule has 0 heterocycles. The van der Waals surface area contributed by atoms with Crippen LogP contribution < -0.4 is 5.73 Å². The maximum absolute atomic E-state index is 11.0. The molecule has 0 aliphatic rings. The Morgan fingerprint density at radius 1 is 1.28 bits per heavy atom. The molecule has 0 saturated carbocycles. The first-order chi connectivity index (χ1) is 8.55. The van der Waals surface area contributed by atoms with Crippen LogP contribution in [0.15, 0.2) is 0 Å². The molecule has 0 aromatic heterocycles. The normalized spacial score (nSPS) is 13.6. The van der Waals surface area contributed by atoms with E-state index in [2.05, 4.69) is 0 Å². The quantitative estimate of drug-likeness (QED) is 0.462. The van der Waals surface area contributed by atoms with Gasteiger partial charge in [0.05, 0.1) is 0 Å². The molecule has 0 aromatic carbocycles. The van der Waals surface area contributed by atoms with Crippen molar-refractivity contribution in [3.8, 4) is 0 Å². The zero-order valence-electron chi connectivity index (χ0n) is 11.7. The number of nitrogens with two attached hydrogens (primary N) is 1. The summed E-state index contributed by atoms with van der Waals surface area (Å²) in [4.78, 5) is 11.0. The van der Waals surface area contributed by atoms with Gasteiger partial charge in [0.15, 0.2) is 0 Å². The Balaban J connectivity index is 3.82. The summed E-state index contributed by atoms with van der Waals surface area (Å²) >= 11 is 1.74. The van der Waals surface area contributed by atoms with Crippen molar-refractivity contribution < 1.29 is 18.1 Å². The molecule has 18 heavy (non-hydrogen) atoms. The Labute approximate surface area is 115 Å². The minimum atomic E-state index is -2.43. The second-order valence-corrected chi connectivity index (χ2v) is 8.22. The first-order valence-corrected chi connectivity index (χ1v) is 9.16. The molecule has 0 bridgehead atoms. The summed E-state index contributed by atoms with van der Waals surface area (Å²) in [6.07, 6.45) is 1.75. The predicted octanol–water partition coefficient (Wildman–Crippen LogP) is 1.50. The number of hydrogen-bond donors (Lipinski definition) is 1. The predicted molar refractivity (Wildman–Crippen MR) is 76.5 cm³/mol. The monoisotopic (exact) mass is 295 g/mol. The van der Waals surface area contributed by atoms with Crippen LogP contribution in [-0.4, -0.2) is 47.5 Å². The highest BCUT2D eigenvalue weighted by Gasteiger charge is 2.36. The van der Waals surface area contributed by atoms with Gasteiger partial charge in [-0.3, -0.25) is 4.79 Å². The van der Waals surface area contributed by atoms with Crippen LogP contribution in [0.3, 0.4) is 0 Å². The van der Waals surface area contributed by atoms with Gasteiger partial charge in [-0.15, -0.1) is 0 Å². The third-order valence-electron chi connectivity index (χ3n) is 2.92. The van der Waals surface area contributed by atoms with Crippen molar-refractivity contribution in [3.63, 3.8) is 0 Å².